The van der Waals surface area contributed by atoms with E-state index in [1.165, 1.54) is 0 Å². The maximum absolute atomic E-state index is 12.3. The van der Waals surface area contributed by atoms with Gasteiger partial charge in [-0.1, -0.05) is 6.92 Å². The van der Waals surface area contributed by atoms with Crippen molar-refractivity contribution in [3.63, 3.8) is 0 Å². The van der Waals surface area contributed by atoms with Crippen molar-refractivity contribution < 1.29 is 9.53 Å². The van der Waals surface area contributed by atoms with Gasteiger partial charge >= 0.3 is 6.09 Å². The van der Waals surface area contributed by atoms with Crippen LogP contribution < -0.4 is 0 Å². The highest BCUT2D eigenvalue weighted by Gasteiger charge is 2.23. The lowest BCUT2D eigenvalue weighted by Crippen LogP contribution is -2.27. The van der Waals surface area contributed by atoms with Gasteiger partial charge in [-0.25, -0.2) is 14.3 Å². The van der Waals surface area contributed by atoms with Crippen molar-refractivity contribution in [2.45, 2.75) is 46.6 Å². The Morgan fingerprint density at radius 2 is 2.11 bits per heavy atom. The number of nitrogens with zero attached hydrogens (tertiary/aromatic N) is 2. The molecule has 0 atom stereocenters. The van der Waals surface area contributed by atoms with Crippen molar-refractivity contribution in [3.8, 4) is 0 Å². The SMILES string of the molecule is CCc1c(C)n(C(=O)OC(C)(C)C)c2ncccc12. The predicted octanol–water partition coefficient (Wildman–Crippen LogP) is 3.69. The van der Waals surface area contributed by atoms with Crippen molar-refractivity contribution in [1.29, 1.82) is 0 Å². The van der Waals surface area contributed by atoms with Crippen molar-refractivity contribution in [2.24, 2.45) is 0 Å². The third-order valence-corrected chi connectivity index (χ3v) is 3.03. The minimum Gasteiger partial charge on any atom is -0.443 e. The second kappa shape index (κ2) is 4.68. The van der Waals surface area contributed by atoms with Crippen LogP contribution in [0.2, 0.25) is 0 Å². The summed E-state index contributed by atoms with van der Waals surface area (Å²) in [7, 11) is 0. The second-order valence-corrected chi connectivity index (χ2v) is 5.61. The van der Waals surface area contributed by atoms with Crippen LogP contribution in [0.15, 0.2) is 18.3 Å². The van der Waals surface area contributed by atoms with Gasteiger partial charge in [-0.15, -0.1) is 0 Å². The largest absolute Gasteiger partial charge is 0.443 e. The van der Waals surface area contributed by atoms with Crippen LogP contribution in [0.5, 0.6) is 0 Å². The number of aromatic nitrogens is 2. The molecule has 102 valence electrons. The summed E-state index contributed by atoms with van der Waals surface area (Å²) in [5, 5.41) is 1.02. The summed E-state index contributed by atoms with van der Waals surface area (Å²) < 4.78 is 7.02. The van der Waals surface area contributed by atoms with Gasteiger partial charge in [0.05, 0.1) is 0 Å². The fraction of sp³-hybridized carbons (Fsp3) is 0.467. The van der Waals surface area contributed by atoms with Crippen LogP contribution >= 0.6 is 0 Å². The van der Waals surface area contributed by atoms with Crippen LogP contribution in [0.3, 0.4) is 0 Å². The maximum atomic E-state index is 12.3. The molecule has 2 heterocycles. The summed E-state index contributed by atoms with van der Waals surface area (Å²) in [5.74, 6) is 0. The van der Waals surface area contributed by atoms with Gasteiger partial charge in [0.1, 0.15) is 11.2 Å². The Morgan fingerprint density at radius 3 is 2.68 bits per heavy atom. The molecule has 0 aromatic carbocycles. The predicted molar refractivity (Wildman–Crippen MR) is 75.5 cm³/mol. The van der Waals surface area contributed by atoms with Crippen LogP contribution in [0.4, 0.5) is 4.79 Å². The summed E-state index contributed by atoms with van der Waals surface area (Å²) in [6, 6.07) is 3.88. The molecular formula is C15H20N2O2. The number of hydrogen-bond donors (Lipinski definition) is 0. The molecule has 0 amide bonds. The van der Waals surface area contributed by atoms with Gasteiger partial charge in [0.15, 0.2) is 0 Å². The van der Waals surface area contributed by atoms with Crippen molar-refractivity contribution >= 4 is 17.1 Å². The monoisotopic (exact) mass is 260 g/mol. The van der Waals surface area contributed by atoms with Gasteiger partial charge in [0.2, 0.25) is 0 Å². The standard InChI is InChI=1S/C15H20N2O2/c1-6-11-10(2)17(14(18)19-15(3,4)5)13-12(11)8-7-9-16-13/h7-9H,6H2,1-5H3. The molecule has 2 aromatic heterocycles. The van der Waals surface area contributed by atoms with Gasteiger partial charge in [-0.05, 0) is 51.8 Å². The van der Waals surface area contributed by atoms with Crippen molar-refractivity contribution in [3.05, 3.63) is 29.6 Å². The zero-order valence-electron chi connectivity index (χ0n) is 12.2. The van der Waals surface area contributed by atoms with Gasteiger partial charge in [0.25, 0.3) is 0 Å². The third-order valence-electron chi connectivity index (χ3n) is 3.03. The Labute approximate surface area is 113 Å². The second-order valence-electron chi connectivity index (χ2n) is 5.61. The number of rotatable bonds is 1. The summed E-state index contributed by atoms with van der Waals surface area (Å²) in [5.41, 5.74) is 2.21. The molecule has 4 nitrogen and oxygen atoms in total. The molecule has 0 saturated heterocycles. The molecule has 0 fully saturated rings. The molecule has 0 saturated carbocycles. The molecule has 2 rings (SSSR count). The van der Waals surface area contributed by atoms with E-state index >= 15 is 0 Å². The van der Waals surface area contributed by atoms with Gasteiger partial charge < -0.3 is 4.74 Å². The normalized spacial score (nSPS) is 11.8. The number of pyridine rings is 1. The molecule has 19 heavy (non-hydrogen) atoms. The third kappa shape index (κ3) is 2.48. The summed E-state index contributed by atoms with van der Waals surface area (Å²) in [6.07, 6.45) is 2.19. The number of hydrogen-bond acceptors (Lipinski definition) is 3. The van der Waals surface area contributed by atoms with E-state index in [0.29, 0.717) is 5.65 Å². The Kier molecular flexibility index (Phi) is 3.35. The Balaban J connectivity index is 2.60. The first-order valence-electron chi connectivity index (χ1n) is 6.53. The van der Waals surface area contributed by atoms with E-state index in [9.17, 15) is 4.79 Å². The molecule has 0 radical (unpaired) electrons. The van der Waals surface area contributed by atoms with Gasteiger partial charge in [-0.2, -0.15) is 0 Å². The summed E-state index contributed by atoms with van der Waals surface area (Å²) in [6.45, 7) is 9.60. The number of aryl methyl sites for hydroxylation is 1. The fourth-order valence-electron chi connectivity index (χ4n) is 2.28. The summed E-state index contributed by atoms with van der Waals surface area (Å²) >= 11 is 0. The zero-order chi connectivity index (χ0) is 14.2. The Morgan fingerprint density at radius 1 is 1.42 bits per heavy atom. The fourth-order valence-corrected chi connectivity index (χ4v) is 2.28. The summed E-state index contributed by atoms with van der Waals surface area (Å²) in [4.78, 5) is 16.6. The van der Waals surface area contributed by atoms with Crippen LogP contribution in [-0.4, -0.2) is 21.2 Å². The quantitative estimate of drug-likeness (QED) is 0.785. The smallest absolute Gasteiger partial charge is 0.420 e. The number of fused-ring (bicyclic) bond motifs is 1. The van der Waals surface area contributed by atoms with E-state index in [-0.39, 0.29) is 6.09 Å². The highest BCUT2D eigenvalue weighted by Crippen LogP contribution is 2.25. The van der Waals surface area contributed by atoms with E-state index in [4.69, 9.17) is 4.74 Å². The van der Waals surface area contributed by atoms with E-state index < -0.39 is 5.60 Å². The van der Waals surface area contributed by atoms with Crippen LogP contribution in [0.25, 0.3) is 11.0 Å². The maximum Gasteiger partial charge on any atom is 0.420 e. The Hall–Kier alpha value is -1.84. The first-order valence-corrected chi connectivity index (χ1v) is 6.53. The first-order chi connectivity index (χ1) is 8.85. The average Bonchev–Trinajstić information content (AvgIpc) is 2.58. The van der Waals surface area contributed by atoms with Crippen molar-refractivity contribution in [2.75, 3.05) is 0 Å². The molecule has 0 aliphatic heterocycles. The van der Waals surface area contributed by atoms with E-state index in [0.717, 1.165) is 23.1 Å². The highest BCUT2D eigenvalue weighted by atomic mass is 16.6. The molecule has 0 aliphatic rings. The number of carbonyl (C=O) groups is 1. The lowest BCUT2D eigenvalue weighted by atomic mass is 10.1. The molecular weight excluding hydrogens is 240 g/mol. The number of carbonyl (C=O) groups excluding carboxylic acids is 1. The minimum absolute atomic E-state index is 0.367. The first kappa shape index (κ1) is 13.6. The molecule has 0 N–H and O–H groups in total. The topological polar surface area (TPSA) is 44.1 Å². The molecule has 0 bridgehead atoms. The lowest BCUT2D eigenvalue weighted by Gasteiger charge is -2.20. The van der Waals surface area contributed by atoms with Crippen LogP contribution in [-0.2, 0) is 11.2 Å². The molecule has 4 heteroatoms. The van der Waals surface area contributed by atoms with Gasteiger partial charge in [-0.3, -0.25) is 0 Å². The minimum atomic E-state index is -0.513. The molecule has 0 unspecified atom stereocenters. The molecule has 0 spiro atoms. The molecule has 0 aliphatic carbocycles. The average molecular weight is 260 g/mol. The molecule has 2 aromatic rings. The Bertz CT molecular complexity index is 621. The zero-order valence-corrected chi connectivity index (χ0v) is 12.2. The van der Waals surface area contributed by atoms with E-state index in [2.05, 4.69) is 11.9 Å². The van der Waals surface area contributed by atoms with E-state index in [1.807, 2.05) is 39.8 Å². The van der Waals surface area contributed by atoms with Crippen molar-refractivity contribution in [1.82, 2.24) is 9.55 Å². The number of ether oxygens (including phenoxy) is 1. The van der Waals surface area contributed by atoms with Crippen LogP contribution in [0.1, 0.15) is 39.0 Å². The van der Waals surface area contributed by atoms with Crippen LogP contribution in [0, 0.1) is 6.92 Å². The van der Waals surface area contributed by atoms with E-state index in [1.54, 1.807) is 10.8 Å². The highest BCUT2D eigenvalue weighted by molar-refractivity contribution is 5.91. The lowest BCUT2D eigenvalue weighted by molar-refractivity contribution is 0.0540. The van der Waals surface area contributed by atoms with Gasteiger partial charge in [0, 0.05) is 17.3 Å².